The number of unbranched alkanes of at least 4 members (excludes halogenated alkanes) is 1. The summed E-state index contributed by atoms with van der Waals surface area (Å²) in [7, 11) is 1.48. The Balaban J connectivity index is 1.72. The number of ether oxygens (including phenoxy) is 2. The van der Waals surface area contributed by atoms with Crippen molar-refractivity contribution in [2.75, 3.05) is 33.4 Å². The first-order valence-electron chi connectivity index (χ1n) is 8.23. The van der Waals surface area contributed by atoms with Crippen LogP contribution in [-0.2, 0) is 14.3 Å². The van der Waals surface area contributed by atoms with Crippen LogP contribution in [-0.4, -0.2) is 61.9 Å². The van der Waals surface area contributed by atoms with Crippen LogP contribution in [0.5, 0.6) is 0 Å². The van der Waals surface area contributed by atoms with Gasteiger partial charge in [-0.05, 0) is 52.5 Å². The van der Waals surface area contributed by atoms with E-state index in [1.165, 1.54) is 20.0 Å². The van der Waals surface area contributed by atoms with Crippen molar-refractivity contribution >= 4 is 5.97 Å². The quantitative estimate of drug-likeness (QED) is 0.544. The van der Waals surface area contributed by atoms with E-state index < -0.39 is 5.54 Å². The summed E-state index contributed by atoms with van der Waals surface area (Å²) in [5.41, 5.74) is -0.521. The van der Waals surface area contributed by atoms with E-state index in [-0.39, 0.29) is 5.97 Å². The predicted molar refractivity (Wildman–Crippen MR) is 82.3 cm³/mol. The highest BCUT2D eigenvalue weighted by Crippen LogP contribution is 2.26. The van der Waals surface area contributed by atoms with Crippen LogP contribution in [0.2, 0.25) is 0 Å². The number of morpholine rings is 1. The topological polar surface area (TPSA) is 50.8 Å². The second-order valence-corrected chi connectivity index (χ2v) is 6.66. The molecule has 0 amide bonds. The Bertz CT molecular complexity index is 346. The molecular formula is C16H30N2O3. The molecule has 122 valence electrons. The molecule has 0 aromatic heterocycles. The molecule has 21 heavy (non-hydrogen) atoms. The zero-order chi connectivity index (χ0) is 15.3. The number of rotatable bonds is 8. The molecule has 0 aromatic carbocycles. The van der Waals surface area contributed by atoms with Gasteiger partial charge in [-0.2, -0.15) is 0 Å². The summed E-state index contributed by atoms with van der Waals surface area (Å²) in [5, 5.41) is 3.46. The van der Waals surface area contributed by atoms with Gasteiger partial charge in [0.15, 0.2) is 0 Å². The Kier molecular flexibility index (Phi) is 6.02. The number of carbonyl (C=O) groups excluding carboxylic acids is 1. The van der Waals surface area contributed by atoms with E-state index in [0.29, 0.717) is 12.1 Å². The Morgan fingerprint density at radius 3 is 2.81 bits per heavy atom. The minimum Gasteiger partial charge on any atom is -0.468 e. The van der Waals surface area contributed by atoms with Gasteiger partial charge in [-0.3, -0.25) is 15.0 Å². The van der Waals surface area contributed by atoms with Crippen molar-refractivity contribution < 1.29 is 14.3 Å². The first kappa shape index (κ1) is 16.7. The van der Waals surface area contributed by atoms with Crippen LogP contribution in [0.4, 0.5) is 0 Å². The number of methoxy groups -OCH3 is 1. The molecule has 5 heteroatoms. The van der Waals surface area contributed by atoms with Crippen molar-refractivity contribution in [3.8, 4) is 0 Å². The van der Waals surface area contributed by atoms with Gasteiger partial charge in [-0.25, -0.2) is 0 Å². The molecule has 1 aliphatic carbocycles. The molecule has 2 unspecified atom stereocenters. The highest BCUT2D eigenvalue weighted by molar-refractivity contribution is 5.80. The van der Waals surface area contributed by atoms with Crippen molar-refractivity contribution in [3.05, 3.63) is 0 Å². The number of nitrogens with zero attached hydrogens (tertiary/aromatic N) is 1. The van der Waals surface area contributed by atoms with E-state index in [0.717, 1.165) is 45.6 Å². The molecule has 1 saturated heterocycles. The molecule has 2 rings (SSSR count). The molecular weight excluding hydrogens is 268 g/mol. The Morgan fingerprint density at radius 1 is 1.43 bits per heavy atom. The molecule has 2 atom stereocenters. The van der Waals surface area contributed by atoms with Crippen molar-refractivity contribution in [1.29, 1.82) is 0 Å². The molecule has 1 N–H and O–H groups in total. The zero-order valence-corrected chi connectivity index (χ0v) is 13.7. The second kappa shape index (κ2) is 7.56. The van der Waals surface area contributed by atoms with E-state index in [1.807, 2.05) is 6.92 Å². The van der Waals surface area contributed by atoms with Gasteiger partial charge in [-0.1, -0.05) is 0 Å². The first-order chi connectivity index (χ1) is 10.0. The first-order valence-corrected chi connectivity index (χ1v) is 8.23. The lowest BCUT2D eigenvalue weighted by Crippen LogP contribution is -2.51. The SMILES string of the molecule is COC(=O)C(C)(CCCCN1CCOCC1C)NC1CC1. The Morgan fingerprint density at radius 2 is 2.19 bits per heavy atom. The van der Waals surface area contributed by atoms with Crippen molar-refractivity contribution in [1.82, 2.24) is 10.2 Å². The summed E-state index contributed by atoms with van der Waals surface area (Å²) in [6.07, 6.45) is 5.35. The van der Waals surface area contributed by atoms with Gasteiger partial charge in [0.2, 0.25) is 0 Å². The summed E-state index contributed by atoms with van der Waals surface area (Å²) in [6.45, 7) is 7.98. The molecule has 0 aromatic rings. The lowest BCUT2D eigenvalue weighted by atomic mass is 9.94. The van der Waals surface area contributed by atoms with E-state index in [9.17, 15) is 4.79 Å². The van der Waals surface area contributed by atoms with E-state index >= 15 is 0 Å². The minimum absolute atomic E-state index is 0.130. The smallest absolute Gasteiger partial charge is 0.325 e. The summed E-state index contributed by atoms with van der Waals surface area (Å²) < 4.78 is 10.4. The van der Waals surface area contributed by atoms with Crippen molar-refractivity contribution in [2.45, 2.75) is 63.6 Å². The largest absolute Gasteiger partial charge is 0.468 e. The van der Waals surface area contributed by atoms with E-state index in [2.05, 4.69) is 17.1 Å². The maximum Gasteiger partial charge on any atom is 0.325 e. The highest BCUT2D eigenvalue weighted by atomic mass is 16.5. The fourth-order valence-electron chi connectivity index (χ4n) is 3.02. The Hall–Kier alpha value is -0.650. The van der Waals surface area contributed by atoms with Crippen molar-refractivity contribution in [2.24, 2.45) is 0 Å². The third-order valence-electron chi connectivity index (χ3n) is 4.61. The number of hydrogen-bond acceptors (Lipinski definition) is 5. The molecule has 1 aliphatic heterocycles. The van der Waals surface area contributed by atoms with Crippen LogP contribution in [0.25, 0.3) is 0 Å². The van der Waals surface area contributed by atoms with Crippen LogP contribution >= 0.6 is 0 Å². The fourth-order valence-corrected chi connectivity index (χ4v) is 3.02. The average molecular weight is 298 g/mol. The van der Waals surface area contributed by atoms with Gasteiger partial charge in [0.05, 0.1) is 20.3 Å². The maximum atomic E-state index is 12.0. The summed E-state index contributed by atoms with van der Waals surface area (Å²) in [4.78, 5) is 14.5. The molecule has 0 radical (unpaired) electrons. The van der Waals surface area contributed by atoms with Crippen LogP contribution < -0.4 is 5.32 Å². The van der Waals surface area contributed by atoms with E-state index in [1.54, 1.807) is 0 Å². The summed E-state index contributed by atoms with van der Waals surface area (Å²) in [6, 6.07) is 1.02. The third kappa shape index (κ3) is 4.94. The van der Waals surface area contributed by atoms with E-state index in [4.69, 9.17) is 9.47 Å². The van der Waals surface area contributed by atoms with Crippen LogP contribution in [0.15, 0.2) is 0 Å². The van der Waals surface area contributed by atoms with Gasteiger partial charge >= 0.3 is 5.97 Å². The summed E-state index contributed by atoms with van der Waals surface area (Å²) >= 11 is 0. The second-order valence-electron chi connectivity index (χ2n) is 6.66. The zero-order valence-electron chi connectivity index (χ0n) is 13.7. The van der Waals surface area contributed by atoms with Gasteiger partial charge in [0.25, 0.3) is 0 Å². The van der Waals surface area contributed by atoms with Gasteiger partial charge < -0.3 is 9.47 Å². The maximum absolute atomic E-state index is 12.0. The average Bonchev–Trinajstić information content (AvgIpc) is 3.28. The van der Waals surface area contributed by atoms with Gasteiger partial charge in [-0.15, -0.1) is 0 Å². The summed E-state index contributed by atoms with van der Waals surface area (Å²) in [5.74, 6) is -0.130. The lowest BCUT2D eigenvalue weighted by Gasteiger charge is -2.33. The number of nitrogens with one attached hydrogen (secondary N) is 1. The van der Waals surface area contributed by atoms with Gasteiger partial charge in [0.1, 0.15) is 5.54 Å². The fraction of sp³-hybridized carbons (Fsp3) is 0.938. The molecule has 2 fully saturated rings. The molecule has 1 saturated carbocycles. The predicted octanol–water partition coefficient (Wildman–Crippen LogP) is 1.56. The van der Waals surface area contributed by atoms with Crippen LogP contribution in [0, 0.1) is 0 Å². The normalized spacial score (nSPS) is 26.3. The third-order valence-corrected chi connectivity index (χ3v) is 4.61. The Labute approximate surface area is 128 Å². The molecule has 1 heterocycles. The monoisotopic (exact) mass is 298 g/mol. The molecule has 5 nitrogen and oxygen atoms in total. The number of carbonyl (C=O) groups is 1. The molecule has 0 bridgehead atoms. The van der Waals surface area contributed by atoms with Crippen LogP contribution in [0.3, 0.4) is 0 Å². The van der Waals surface area contributed by atoms with Crippen LogP contribution in [0.1, 0.15) is 46.0 Å². The lowest BCUT2D eigenvalue weighted by molar-refractivity contribution is -0.148. The number of hydrogen-bond donors (Lipinski definition) is 1. The van der Waals surface area contributed by atoms with Crippen molar-refractivity contribution in [3.63, 3.8) is 0 Å². The molecule has 2 aliphatic rings. The molecule has 0 spiro atoms. The standard InChI is InChI=1S/C16H30N2O3/c1-13-12-21-11-10-18(13)9-5-4-8-16(2,15(19)20-3)17-14-6-7-14/h13-14,17H,4-12H2,1-3H3. The minimum atomic E-state index is -0.521. The highest BCUT2D eigenvalue weighted by Gasteiger charge is 2.38. The van der Waals surface area contributed by atoms with Gasteiger partial charge in [0, 0.05) is 18.6 Å². The number of esters is 1.